The van der Waals surface area contributed by atoms with E-state index in [0.29, 0.717) is 32.7 Å². The molecular formula is C38H29N3O4S2. The zero-order valence-corrected chi connectivity index (χ0v) is 27.2. The van der Waals surface area contributed by atoms with Crippen molar-refractivity contribution in [1.29, 1.82) is 0 Å². The number of aliphatic hydroxyl groups is 1. The van der Waals surface area contributed by atoms with E-state index in [0.717, 1.165) is 22.1 Å². The Kier molecular flexibility index (Phi) is 8.32. The second kappa shape index (κ2) is 12.9. The lowest BCUT2D eigenvalue weighted by molar-refractivity contribution is -0.132. The van der Waals surface area contributed by atoms with Crippen molar-refractivity contribution in [2.24, 2.45) is 0 Å². The third kappa shape index (κ3) is 6.03. The number of benzene rings is 5. The van der Waals surface area contributed by atoms with Crippen LogP contribution in [-0.4, -0.2) is 27.0 Å². The average Bonchev–Trinajstić information content (AvgIpc) is 3.66. The maximum absolute atomic E-state index is 13.8. The molecule has 7 nitrogen and oxygen atoms in total. The van der Waals surface area contributed by atoms with Crippen molar-refractivity contribution in [2.45, 2.75) is 30.0 Å². The van der Waals surface area contributed by atoms with E-state index in [1.54, 1.807) is 18.2 Å². The molecule has 1 aromatic heterocycles. The quantitative estimate of drug-likeness (QED) is 0.0575. The number of aliphatic hydroxyl groups excluding tert-OH is 1. The molecule has 0 saturated carbocycles. The molecule has 9 heteroatoms. The van der Waals surface area contributed by atoms with Gasteiger partial charge in [-0.25, -0.2) is 0 Å². The second-order valence-electron chi connectivity index (χ2n) is 11.3. The van der Waals surface area contributed by atoms with E-state index in [1.165, 1.54) is 33.4 Å². The molecular weight excluding hydrogens is 627 g/mol. The third-order valence-corrected chi connectivity index (χ3v) is 10.2. The van der Waals surface area contributed by atoms with E-state index in [4.69, 9.17) is 4.74 Å². The molecule has 0 spiro atoms. The highest BCUT2D eigenvalue weighted by Gasteiger charge is 2.48. The van der Waals surface area contributed by atoms with Gasteiger partial charge in [-0.2, -0.15) is 0 Å². The fourth-order valence-electron chi connectivity index (χ4n) is 5.77. The zero-order chi connectivity index (χ0) is 32.5. The van der Waals surface area contributed by atoms with Crippen LogP contribution in [0.5, 0.6) is 11.5 Å². The van der Waals surface area contributed by atoms with Crippen LogP contribution in [0.3, 0.4) is 0 Å². The molecule has 6 aromatic rings. The number of carbonyl (C=O) groups is 2. The van der Waals surface area contributed by atoms with Crippen LogP contribution in [0.25, 0.3) is 16.5 Å². The molecule has 7 rings (SSSR count). The molecule has 1 aliphatic rings. The molecule has 232 valence electrons. The van der Waals surface area contributed by atoms with Gasteiger partial charge in [0.15, 0.2) is 4.34 Å². The SMILES string of the molecule is Cc1ccc(C)c(C(O)=C2C(=O)C(=O)N(c3nnc(SCc4cccc5ccccc45)s3)C2c2cccc(Oc3ccccc3)c2)c1. The first kappa shape index (κ1) is 30.4. The van der Waals surface area contributed by atoms with Crippen molar-refractivity contribution >= 4 is 56.5 Å². The monoisotopic (exact) mass is 655 g/mol. The number of rotatable bonds is 8. The lowest BCUT2D eigenvalue weighted by Crippen LogP contribution is -2.29. The standard InChI is InChI=1S/C38H29N3O4S2/c1-23-18-19-24(2)31(20-23)34(42)32-33(26-12-9-16-29(21-26)45-28-14-4-3-5-15-28)41(36(44)35(32)43)37-39-40-38(47-37)46-22-27-13-8-11-25-10-6-7-17-30(25)27/h3-21,33,42H,22H2,1-2H3. The zero-order valence-electron chi connectivity index (χ0n) is 25.6. The summed E-state index contributed by atoms with van der Waals surface area (Å²) in [5.74, 6) is 0.0205. The van der Waals surface area contributed by atoms with Crippen molar-refractivity contribution in [2.75, 3.05) is 4.90 Å². The van der Waals surface area contributed by atoms with Crippen LogP contribution < -0.4 is 9.64 Å². The van der Waals surface area contributed by atoms with Gasteiger partial charge in [0, 0.05) is 11.3 Å². The number of carbonyl (C=O) groups excluding carboxylic acids is 2. The first-order valence-electron chi connectivity index (χ1n) is 15.0. The molecule has 1 atom stereocenters. The Morgan fingerprint density at radius 3 is 2.45 bits per heavy atom. The predicted octanol–water partition coefficient (Wildman–Crippen LogP) is 9.02. The van der Waals surface area contributed by atoms with Crippen LogP contribution >= 0.6 is 23.1 Å². The Morgan fingerprint density at radius 1 is 0.851 bits per heavy atom. The Bertz CT molecular complexity index is 2170. The molecule has 1 amide bonds. The molecule has 1 saturated heterocycles. The van der Waals surface area contributed by atoms with Crippen molar-refractivity contribution in [1.82, 2.24) is 10.2 Å². The van der Waals surface area contributed by atoms with Gasteiger partial charge in [-0.1, -0.05) is 114 Å². The van der Waals surface area contributed by atoms with Crippen molar-refractivity contribution < 1.29 is 19.4 Å². The van der Waals surface area contributed by atoms with Gasteiger partial charge in [-0.3, -0.25) is 14.5 Å². The molecule has 1 N–H and O–H groups in total. The molecule has 47 heavy (non-hydrogen) atoms. The summed E-state index contributed by atoms with van der Waals surface area (Å²) in [7, 11) is 0. The van der Waals surface area contributed by atoms with Gasteiger partial charge in [0.2, 0.25) is 5.13 Å². The number of aromatic nitrogens is 2. The van der Waals surface area contributed by atoms with E-state index in [-0.39, 0.29) is 16.5 Å². The summed E-state index contributed by atoms with van der Waals surface area (Å²) in [5.41, 5.74) is 3.92. The average molecular weight is 656 g/mol. The van der Waals surface area contributed by atoms with Gasteiger partial charge >= 0.3 is 5.91 Å². The number of Topliss-reactive ketones (excluding diaryl/α,β-unsaturated/α-hetero) is 1. The van der Waals surface area contributed by atoms with E-state index in [1.807, 2.05) is 86.6 Å². The van der Waals surface area contributed by atoms with Crippen LogP contribution in [0.4, 0.5) is 5.13 Å². The summed E-state index contributed by atoms with van der Waals surface area (Å²) in [6.45, 7) is 3.77. The minimum absolute atomic E-state index is 0.0132. The fourth-order valence-corrected chi connectivity index (χ4v) is 7.64. The van der Waals surface area contributed by atoms with Gasteiger partial charge in [0.25, 0.3) is 5.78 Å². The Morgan fingerprint density at radius 2 is 1.60 bits per heavy atom. The predicted molar refractivity (Wildman–Crippen MR) is 187 cm³/mol. The number of aryl methyl sites for hydroxylation is 2. The summed E-state index contributed by atoms with van der Waals surface area (Å²) in [6, 6.07) is 35.7. The van der Waals surface area contributed by atoms with Gasteiger partial charge in [-0.05, 0) is 71.6 Å². The Hall–Kier alpha value is -5.25. The number of thioether (sulfide) groups is 1. The Labute approximate surface area is 280 Å². The molecule has 0 aliphatic carbocycles. The van der Waals surface area contributed by atoms with Crippen LogP contribution in [0.15, 0.2) is 125 Å². The number of fused-ring (bicyclic) bond motifs is 1. The minimum atomic E-state index is -0.960. The largest absolute Gasteiger partial charge is 0.507 e. The lowest BCUT2D eigenvalue weighted by Gasteiger charge is -2.23. The first-order chi connectivity index (χ1) is 22.9. The molecule has 1 unspecified atom stereocenters. The number of hydrogen-bond donors (Lipinski definition) is 1. The van der Waals surface area contributed by atoms with Gasteiger partial charge < -0.3 is 9.84 Å². The third-order valence-electron chi connectivity index (χ3n) is 8.08. The van der Waals surface area contributed by atoms with Gasteiger partial charge in [-0.15, -0.1) is 10.2 Å². The summed E-state index contributed by atoms with van der Waals surface area (Å²) >= 11 is 2.76. The van der Waals surface area contributed by atoms with Crippen LogP contribution in [-0.2, 0) is 15.3 Å². The molecule has 0 radical (unpaired) electrons. The van der Waals surface area contributed by atoms with E-state index in [2.05, 4.69) is 34.5 Å². The number of amides is 1. The lowest BCUT2D eigenvalue weighted by atomic mass is 9.93. The number of hydrogen-bond acceptors (Lipinski definition) is 8. The normalized spacial score (nSPS) is 15.8. The maximum Gasteiger partial charge on any atom is 0.301 e. The van der Waals surface area contributed by atoms with Crippen molar-refractivity contribution in [3.05, 3.63) is 149 Å². The number of ketones is 1. The minimum Gasteiger partial charge on any atom is -0.507 e. The number of para-hydroxylation sites is 1. The van der Waals surface area contributed by atoms with Crippen molar-refractivity contribution in [3.63, 3.8) is 0 Å². The first-order valence-corrected chi connectivity index (χ1v) is 16.8. The van der Waals surface area contributed by atoms with Crippen LogP contribution in [0.1, 0.15) is 33.9 Å². The second-order valence-corrected chi connectivity index (χ2v) is 13.4. The Balaban J connectivity index is 1.28. The van der Waals surface area contributed by atoms with Crippen LogP contribution in [0.2, 0.25) is 0 Å². The van der Waals surface area contributed by atoms with Gasteiger partial charge in [0.05, 0.1) is 11.6 Å². The number of nitrogens with zero attached hydrogens (tertiary/aromatic N) is 3. The highest BCUT2D eigenvalue weighted by Crippen LogP contribution is 2.45. The van der Waals surface area contributed by atoms with E-state index in [9.17, 15) is 14.7 Å². The summed E-state index contributed by atoms with van der Waals surface area (Å²) in [5, 5.41) is 23.1. The van der Waals surface area contributed by atoms with Crippen molar-refractivity contribution in [3.8, 4) is 11.5 Å². The topological polar surface area (TPSA) is 92.6 Å². The highest BCUT2D eigenvalue weighted by molar-refractivity contribution is 8.00. The highest BCUT2D eigenvalue weighted by atomic mass is 32.2. The summed E-state index contributed by atoms with van der Waals surface area (Å²) in [4.78, 5) is 29.0. The summed E-state index contributed by atoms with van der Waals surface area (Å²) in [6.07, 6.45) is 0. The molecule has 0 bridgehead atoms. The summed E-state index contributed by atoms with van der Waals surface area (Å²) < 4.78 is 6.76. The fraction of sp³-hybridized carbons (Fsp3) is 0.105. The van der Waals surface area contributed by atoms with Crippen LogP contribution in [0, 0.1) is 13.8 Å². The maximum atomic E-state index is 13.8. The molecule has 2 heterocycles. The number of anilines is 1. The van der Waals surface area contributed by atoms with Gasteiger partial charge in [0.1, 0.15) is 17.3 Å². The number of ether oxygens (including phenoxy) is 1. The smallest absolute Gasteiger partial charge is 0.301 e. The molecule has 1 fully saturated rings. The molecule has 1 aliphatic heterocycles. The van der Waals surface area contributed by atoms with E-state index < -0.39 is 17.7 Å². The molecule has 5 aromatic carbocycles. The van der Waals surface area contributed by atoms with E-state index >= 15 is 0 Å².